The normalized spacial score (nSPS) is 18.6. The van der Waals surface area contributed by atoms with E-state index in [1.807, 2.05) is 12.1 Å². The molecular formula is C18H29NO2. The number of benzene rings is 1. The summed E-state index contributed by atoms with van der Waals surface area (Å²) in [5.74, 6) is 0.940. The van der Waals surface area contributed by atoms with Gasteiger partial charge in [0.05, 0.1) is 6.61 Å². The number of ether oxygens (including phenoxy) is 1. The van der Waals surface area contributed by atoms with Gasteiger partial charge in [0.2, 0.25) is 0 Å². The van der Waals surface area contributed by atoms with E-state index in [0.717, 1.165) is 38.2 Å². The van der Waals surface area contributed by atoms with Crippen molar-refractivity contribution in [3.8, 4) is 5.75 Å². The third-order valence-corrected chi connectivity index (χ3v) is 4.64. The summed E-state index contributed by atoms with van der Waals surface area (Å²) in [6.45, 7) is 6.27. The lowest BCUT2D eigenvalue weighted by Crippen LogP contribution is -2.36. The second kappa shape index (κ2) is 7.81. The smallest absolute Gasteiger partial charge is 0.119 e. The number of hydrogen-bond donors (Lipinski definition) is 2. The molecule has 0 aromatic heterocycles. The summed E-state index contributed by atoms with van der Waals surface area (Å²) in [5, 5.41) is 13.3. The summed E-state index contributed by atoms with van der Waals surface area (Å²) < 4.78 is 5.61. The van der Waals surface area contributed by atoms with Crippen molar-refractivity contribution in [2.45, 2.75) is 52.0 Å². The molecule has 118 valence electrons. The van der Waals surface area contributed by atoms with Crippen molar-refractivity contribution in [2.75, 3.05) is 19.8 Å². The molecular weight excluding hydrogens is 262 g/mol. The van der Waals surface area contributed by atoms with Gasteiger partial charge in [0.1, 0.15) is 5.75 Å². The summed E-state index contributed by atoms with van der Waals surface area (Å²) >= 11 is 0. The molecule has 0 radical (unpaired) electrons. The van der Waals surface area contributed by atoms with E-state index in [1.54, 1.807) is 0 Å². The minimum Gasteiger partial charge on any atom is -0.494 e. The van der Waals surface area contributed by atoms with E-state index < -0.39 is 0 Å². The van der Waals surface area contributed by atoms with Gasteiger partial charge in [-0.15, -0.1) is 0 Å². The Labute approximate surface area is 128 Å². The van der Waals surface area contributed by atoms with Gasteiger partial charge in [0, 0.05) is 24.6 Å². The predicted molar refractivity (Wildman–Crippen MR) is 86.6 cm³/mol. The molecule has 1 unspecified atom stereocenters. The molecule has 1 aromatic carbocycles. The van der Waals surface area contributed by atoms with Crippen LogP contribution in [-0.2, 0) is 0 Å². The molecule has 1 aromatic rings. The van der Waals surface area contributed by atoms with Gasteiger partial charge in [-0.2, -0.15) is 0 Å². The van der Waals surface area contributed by atoms with E-state index in [9.17, 15) is 5.11 Å². The van der Waals surface area contributed by atoms with Crippen molar-refractivity contribution in [3.05, 3.63) is 29.8 Å². The molecule has 0 saturated heterocycles. The number of nitrogens with one attached hydrogen (secondary N) is 1. The van der Waals surface area contributed by atoms with Crippen molar-refractivity contribution in [1.29, 1.82) is 0 Å². The summed E-state index contributed by atoms with van der Waals surface area (Å²) in [7, 11) is 0. The van der Waals surface area contributed by atoms with Crippen molar-refractivity contribution in [2.24, 2.45) is 5.41 Å². The van der Waals surface area contributed by atoms with Gasteiger partial charge in [-0.3, -0.25) is 0 Å². The lowest BCUT2D eigenvalue weighted by Gasteiger charge is -2.29. The lowest BCUT2D eigenvalue weighted by atomic mass is 9.87. The first kappa shape index (κ1) is 16.3. The average Bonchev–Trinajstić information content (AvgIpc) is 3.00. The molecule has 0 bridgehead atoms. The van der Waals surface area contributed by atoms with Crippen LogP contribution < -0.4 is 10.1 Å². The van der Waals surface area contributed by atoms with E-state index >= 15 is 0 Å². The van der Waals surface area contributed by atoms with Crippen molar-refractivity contribution < 1.29 is 9.84 Å². The lowest BCUT2D eigenvalue weighted by molar-refractivity contribution is 0.125. The Morgan fingerprint density at radius 2 is 1.90 bits per heavy atom. The Morgan fingerprint density at radius 3 is 2.48 bits per heavy atom. The first-order chi connectivity index (χ1) is 10.2. The van der Waals surface area contributed by atoms with Crippen LogP contribution in [0.4, 0.5) is 0 Å². The second-order valence-electron chi connectivity index (χ2n) is 6.39. The molecule has 2 N–H and O–H groups in total. The number of hydrogen-bond acceptors (Lipinski definition) is 3. The van der Waals surface area contributed by atoms with Gasteiger partial charge in [0.15, 0.2) is 0 Å². The molecule has 3 heteroatoms. The molecule has 1 aliphatic rings. The fourth-order valence-electron chi connectivity index (χ4n) is 3.08. The minimum absolute atomic E-state index is 0.110. The molecule has 0 amide bonds. The third kappa shape index (κ3) is 4.45. The van der Waals surface area contributed by atoms with Crippen LogP contribution in [0.3, 0.4) is 0 Å². The molecule has 0 heterocycles. The Bertz CT molecular complexity index is 410. The molecule has 1 fully saturated rings. The SMILES string of the molecule is CCCOc1ccc(C(C)NCC2(CO)CCCC2)cc1. The molecule has 21 heavy (non-hydrogen) atoms. The first-order valence-electron chi connectivity index (χ1n) is 8.26. The van der Waals surface area contributed by atoms with Gasteiger partial charge in [-0.25, -0.2) is 0 Å². The van der Waals surface area contributed by atoms with E-state index in [-0.39, 0.29) is 5.41 Å². The van der Waals surface area contributed by atoms with Crippen LogP contribution >= 0.6 is 0 Å². The van der Waals surface area contributed by atoms with Gasteiger partial charge in [-0.05, 0) is 43.9 Å². The second-order valence-corrected chi connectivity index (χ2v) is 6.39. The fraction of sp³-hybridized carbons (Fsp3) is 0.667. The zero-order chi connectivity index (χ0) is 15.1. The van der Waals surface area contributed by atoms with Crippen molar-refractivity contribution in [3.63, 3.8) is 0 Å². The van der Waals surface area contributed by atoms with Crippen LogP contribution in [0.2, 0.25) is 0 Å². The molecule has 1 atom stereocenters. The van der Waals surface area contributed by atoms with Crippen LogP contribution in [0.1, 0.15) is 57.6 Å². The van der Waals surface area contributed by atoms with Gasteiger partial charge in [-0.1, -0.05) is 31.9 Å². The van der Waals surface area contributed by atoms with Crippen molar-refractivity contribution >= 4 is 0 Å². The Morgan fingerprint density at radius 1 is 1.24 bits per heavy atom. The maximum atomic E-state index is 9.66. The maximum absolute atomic E-state index is 9.66. The average molecular weight is 291 g/mol. The molecule has 0 aliphatic heterocycles. The summed E-state index contributed by atoms with van der Waals surface area (Å²) in [6, 6.07) is 8.64. The quantitative estimate of drug-likeness (QED) is 0.767. The summed E-state index contributed by atoms with van der Waals surface area (Å²) in [6.07, 6.45) is 5.82. The van der Waals surface area contributed by atoms with E-state index in [1.165, 1.54) is 18.4 Å². The summed E-state index contributed by atoms with van der Waals surface area (Å²) in [4.78, 5) is 0. The van der Waals surface area contributed by atoms with Crippen LogP contribution in [0.5, 0.6) is 5.75 Å². The minimum atomic E-state index is 0.110. The topological polar surface area (TPSA) is 41.5 Å². The molecule has 1 aliphatic carbocycles. The Hall–Kier alpha value is -1.06. The van der Waals surface area contributed by atoms with Crippen LogP contribution in [0.15, 0.2) is 24.3 Å². The third-order valence-electron chi connectivity index (χ3n) is 4.64. The van der Waals surface area contributed by atoms with E-state index in [2.05, 4.69) is 31.3 Å². The monoisotopic (exact) mass is 291 g/mol. The Balaban J connectivity index is 1.86. The van der Waals surface area contributed by atoms with Gasteiger partial charge >= 0.3 is 0 Å². The van der Waals surface area contributed by atoms with E-state index in [4.69, 9.17) is 4.74 Å². The zero-order valence-electron chi connectivity index (χ0n) is 13.4. The van der Waals surface area contributed by atoms with Crippen LogP contribution in [0.25, 0.3) is 0 Å². The maximum Gasteiger partial charge on any atom is 0.119 e. The molecule has 3 nitrogen and oxygen atoms in total. The Kier molecular flexibility index (Phi) is 6.07. The number of rotatable bonds is 8. The van der Waals surface area contributed by atoms with Crippen LogP contribution in [-0.4, -0.2) is 24.9 Å². The van der Waals surface area contributed by atoms with E-state index in [0.29, 0.717) is 12.6 Å². The van der Waals surface area contributed by atoms with Crippen molar-refractivity contribution in [1.82, 2.24) is 5.32 Å². The fourth-order valence-corrected chi connectivity index (χ4v) is 3.08. The highest BCUT2D eigenvalue weighted by Crippen LogP contribution is 2.37. The van der Waals surface area contributed by atoms with Gasteiger partial charge in [0.25, 0.3) is 0 Å². The highest BCUT2D eigenvalue weighted by molar-refractivity contribution is 5.29. The predicted octanol–water partition coefficient (Wildman–Crippen LogP) is 3.68. The zero-order valence-corrected chi connectivity index (χ0v) is 13.4. The number of aliphatic hydroxyl groups is 1. The molecule has 0 spiro atoms. The number of aliphatic hydroxyl groups excluding tert-OH is 1. The van der Waals surface area contributed by atoms with Crippen LogP contribution in [0, 0.1) is 5.41 Å². The summed E-state index contributed by atoms with van der Waals surface area (Å²) in [5.41, 5.74) is 1.38. The standard InChI is InChI=1S/C18H29NO2/c1-3-12-21-17-8-6-16(7-9-17)15(2)19-13-18(14-20)10-4-5-11-18/h6-9,15,19-20H,3-5,10-14H2,1-2H3. The van der Waals surface area contributed by atoms with Gasteiger partial charge < -0.3 is 15.2 Å². The highest BCUT2D eigenvalue weighted by atomic mass is 16.5. The largest absolute Gasteiger partial charge is 0.494 e. The first-order valence-corrected chi connectivity index (χ1v) is 8.26. The molecule has 1 saturated carbocycles. The highest BCUT2D eigenvalue weighted by Gasteiger charge is 2.33. The molecule has 2 rings (SSSR count).